The molecule has 2 N–H and O–H groups in total. The van der Waals surface area contributed by atoms with E-state index in [4.69, 9.17) is 15.2 Å². The lowest BCUT2D eigenvalue weighted by Crippen LogP contribution is -2.39. The van der Waals surface area contributed by atoms with E-state index in [-0.39, 0.29) is 11.8 Å². The van der Waals surface area contributed by atoms with Crippen LogP contribution in [0.3, 0.4) is 0 Å². The van der Waals surface area contributed by atoms with Crippen molar-refractivity contribution < 1.29 is 9.32 Å². The summed E-state index contributed by atoms with van der Waals surface area (Å²) in [7, 11) is 1.84. The molecule has 3 aromatic heterocycles. The molecule has 4 heterocycles. The monoisotopic (exact) mass is 354 g/mol. The molecule has 0 spiro atoms. The lowest BCUT2D eigenvalue weighted by molar-refractivity contribution is 0.0695. The summed E-state index contributed by atoms with van der Waals surface area (Å²) in [6, 6.07) is 5.69. The second-order valence-electron chi connectivity index (χ2n) is 6.74. The minimum Gasteiger partial charge on any atom is -0.382 e. The van der Waals surface area contributed by atoms with Gasteiger partial charge in [0.05, 0.1) is 5.39 Å². The number of likely N-dealkylation sites (tertiary alicyclic amines) is 1. The molecule has 0 unspecified atom stereocenters. The van der Waals surface area contributed by atoms with Crippen molar-refractivity contribution in [3.8, 4) is 0 Å². The number of rotatable bonds is 3. The predicted octanol–water partition coefficient (Wildman–Crippen LogP) is 2.12. The number of aromatic nitrogens is 4. The first-order valence-electron chi connectivity index (χ1n) is 8.90. The molecule has 1 atom stereocenters. The Morgan fingerprint density at radius 2 is 2.27 bits per heavy atom. The van der Waals surface area contributed by atoms with Gasteiger partial charge in [-0.1, -0.05) is 12.1 Å². The minimum atomic E-state index is -0.0796. The third-order valence-electron chi connectivity index (χ3n) is 4.99. The summed E-state index contributed by atoms with van der Waals surface area (Å²) in [5, 5.41) is 8.98. The molecule has 8 nitrogen and oxygen atoms in total. The number of carbonyl (C=O) groups excluding carboxylic acids is 1. The maximum absolute atomic E-state index is 12.7. The standard InChI is InChI=1S/C18H22N6O2/c1-3-12-9-15(22-26-12)18(25)24-8-4-5-11(10-24)14-7-6-13-16(19)21-23(2)17(13)20-14/h6-7,9,11H,3-5,8,10H2,1-2H3,(H2,19,21)/t11-/m1/s1. The van der Waals surface area contributed by atoms with Crippen LogP contribution in [0, 0.1) is 0 Å². The zero-order valence-electron chi connectivity index (χ0n) is 15.0. The first-order chi connectivity index (χ1) is 12.6. The first kappa shape index (κ1) is 16.6. The molecule has 1 fully saturated rings. The van der Waals surface area contributed by atoms with Gasteiger partial charge in [-0.2, -0.15) is 5.10 Å². The van der Waals surface area contributed by atoms with Crippen molar-refractivity contribution in [1.29, 1.82) is 0 Å². The van der Waals surface area contributed by atoms with E-state index in [1.807, 2.05) is 31.0 Å². The Morgan fingerprint density at radius 1 is 1.42 bits per heavy atom. The van der Waals surface area contributed by atoms with Crippen molar-refractivity contribution in [1.82, 2.24) is 24.8 Å². The van der Waals surface area contributed by atoms with Gasteiger partial charge in [-0.25, -0.2) is 9.67 Å². The highest BCUT2D eigenvalue weighted by Gasteiger charge is 2.28. The van der Waals surface area contributed by atoms with Gasteiger partial charge >= 0.3 is 0 Å². The van der Waals surface area contributed by atoms with Gasteiger partial charge in [0, 0.05) is 44.2 Å². The number of carbonyl (C=O) groups is 1. The largest absolute Gasteiger partial charge is 0.382 e. The smallest absolute Gasteiger partial charge is 0.276 e. The van der Waals surface area contributed by atoms with E-state index in [1.165, 1.54) is 0 Å². The normalized spacial score (nSPS) is 17.8. The van der Waals surface area contributed by atoms with Crippen LogP contribution in [-0.2, 0) is 13.5 Å². The van der Waals surface area contributed by atoms with Gasteiger partial charge in [0.2, 0.25) is 0 Å². The van der Waals surface area contributed by atoms with Crippen LogP contribution in [0.25, 0.3) is 11.0 Å². The number of anilines is 1. The second-order valence-corrected chi connectivity index (χ2v) is 6.74. The number of fused-ring (bicyclic) bond motifs is 1. The lowest BCUT2D eigenvalue weighted by Gasteiger charge is -2.32. The Balaban J connectivity index is 1.56. The highest BCUT2D eigenvalue weighted by molar-refractivity contribution is 5.92. The molecule has 0 saturated carbocycles. The van der Waals surface area contributed by atoms with E-state index in [1.54, 1.807) is 10.7 Å². The van der Waals surface area contributed by atoms with Crippen molar-refractivity contribution >= 4 is 22.8 Å². The van der Waals surface area contributed by atoms with Crippen molar-refractivity contribution in [3.05, 3.63) is 35.3 Å². The molecule has 0 aromatic carbocycles. The van der Waals surface area contributed by atoms with Gasteiger partial charge in [-0.15, -0.1) is 0 Å². The third-order valence-corrected chi connectivity index (χ3v) is 4.99. The molecule has 0 radical (unpaired) electrons. The minimum absolute atomic E-state index is 0.0796. The molecule has 8 heteroatoms. The van der Waals surface area contributed by atoms with E-state index in [0.717, 1.165) is 48.3 Å². The summed E-state index contributed by atoms with van der Waals surface area (Å²) in [6.45, 7) is 3.32. The number of nitrogens with zero attached hydrogens (tertiary/aromatic N) is 5. The summed E-state index contributed by atoms with van der Waals surface area (Å²) in [5.74, 6) is 1.32. The fourth-order valence-corrected chi connectivity index (χ4v) is 3.55. The van der Waals surface area contributed by atoms with Crippen molar-refractivity contribution in [3.63, 3.8) is 0 Å². The fraction of sp³-hybridized carbons (Fsp3) is 0.444. The molecule has 1 aliphatic rings. The van der Waals surface area contributed by atoms with Crippen molar-refractivity contribution in [2.75, 3.05) is 18.8 Å². The molecule has 136 valence electrons. The molecule has 0 aliphatic carbocycles. The highest BCUT2D eigenvalue weighted by Crippen LogP contribution is 2.29. The van der Waals surface area contributed by atoms with Gasteiger partial charge in [-0.3, -0.25) is 4.79 Å². The van der Waals surface area contributed by atoms with Gasteiger partial charge in [0.25, 0.3) is 5.91 Å². The molecular weight excluding hydrogens is 332 g/mol. The average Bonchev–Trinajstić information content (AvgIpc) is 3.26. The van der Waals surface area contributed by atoms with Crippen LogP contribution in [0.1, 0.15) is 47.6 Å². The first-order valence-corrected chi connectivity index (χ1v) is 8.90. The van der Waals surface area contributed by atoms with E-state index >= 15 is 0 Å². The van der Waals surface area contributed by atoms with Crippen LogP contribution in [-0.4, -0.2) is 43.8 Å². The zero-order chi connectivity index (χ0) is 18.3. The molecule has 1 amide bonds. The Labute approximate surface area is 151 Å². The van der Waals surface area contributed by atoms with Gasteiger partial charge in [0.1, 0.15) is 5.76 Å². The van der Waals surface area contributed by atoms with E-state index < -0.39 is 0 Å². The fourth-order valence-electron chi connectivity index (χ4n) is 3.55. The number of nitrogen functional groups attached to an aromatic ring is 1. The number of hydrogen-bond acceptors (Lipinski definition) is 6. The topological polar surface area (TPSA) is 103 Å². The van der Waals surface area contributed by atoms with Crippen LogP contribution in [0.4, 0.5) is 5.82 Å². The molecule has 1 saturated heterocycles. The van der Waals surface area contributed by atoms with Gasteiger partial charge in [0.15, 0.2) is 17.2 Å². The predicted molar refractivity (Wildman–Crippen MR) is 96.7 cm³/mol. The zero-order valence-corrected chi connectivity index (χ0v) is 15.0. The number of pyridine rings is 1. The quantitative estimate of drug-likeness (QED) is 0.773. The molecule has 3 aromatic rings. The molecule has 1 aliphatic heterocycles. The number of piperidine rings is 1. The number of aryl methyl sites for hydroxylation is 2. The van der Waals surface area contributed by atoms with E-state index in [2.05, 4.69) is 10.3 Å². The summed E-state index contributed by atoms with van der Waals surface area (Å²) in [5.41, 5.74) is 8.02. The average molecular weight is 354 g/mol. The van der Waals surface area contributed by atoms with Crippen LogP contribution in [0.15, 0.2) is 22.7 Å². The summed E-state index contributed by atoms with van der Waals surface area (Å²) in [4.78, 5) is 19.3. The Morgan fingerprint density at radius 3 is 3.04 bits per heavy atom. The van der Waals surface area contributed by atoms with Crippen molar-refractivity contribution in [2.24, 2.45) is 7.05 Å². The Kier molecular flexibility index (Phi) is 4.10. The second kappa shape index (κ2) is 6.44. The summed E-state index contributed by atoms with van der Waals surface area (Å²) < 4.78 is 6.87. The highest BCUT2D eigenvalue weighted by atomic mass is 16.5. The van der Waals surface area contributed by atoms with E-state index in [0.29, 0.717) is 18.1 Å². The number of hydrogen-bond donors (Lipinski definition) is 1. The van der Waals surface area contributed by atoms with Crippen LogP contribution >= 0.6 is 0 Å². The van der Waals surface area contributed by atoms with E-state index in [9.17, 15) is 4.79 Å². The number of nitrogens with two attached hydrogens (primary N) is 1. The maximum Gasteiger partial charge on any atom is 0.276 e. The molecular formula is C18H22N6O2. The lowest BCUT2D eigenvalue weighted by atomic mass is 9.94. The molecule has 0 bridgehead atoms. The SMILES string of the molecule is CCc1cc(C(=O)N2CCC[C@@H](c3ccc4c(N)nn(C)c4n3)C2)no1. The summed E-state index contributed by atoms with van der Waals surface area (Å²) >= 11 is 0. The third kappa shape index (κ3) is 2.81. The number of amides is 1. The molecule has 4 rings (SSSR count). The maximum atomic E-state index is 12.7. The van der Waals surface area contributed by atoms with Crippen molar-refractivity contribution in [2.45, 2.75) is 32.1 Å². The van der Waals surface area contributed by atoms with Crippen LogP contribution in [0.2, 0.25) is 0 Å². The Bertz CT molecular complexity index is 960. The summed E-state index contributed by atoms with van der Waals surface area (Å²) in [6.07, 6.45) is 2.65. The van der Waals surface area contributed by atoms with Crippen LogP contribution < -0.4 is 5.73 Å². The van der Waals surface area contributed by atoms with Gasteiger partial charge in [-0.05, 0) is 25.0 Å². The Hall–Kier alpha value is -2.90. The molecule has 26 heavy (non-hydrogen) atoms. The van der Waals surface area contributed by atoms with Crippen LogP contribution in [0.5, 0.6) is 0 Å². The van der Waals surface area contributed by atoms with Gasteiger partial charge < -0.3 is 15.2 Å².